The minimum Gasteiger partial charge on any atom is -0.471 e. The SMILES string of the molecule is CCn1ncc(-c2nc3c(OC4CCN(C(=O)c5ocnc5C)C4)ncnc3n2C)c1C. The molecule has 1 atom stereocenters. The van der Waals surface area contributed by atoms with Crippen molar-refractivity contribution in [3.8, 4) is 17.3 Å². The topological polar surface area (TPSA) is 117 Å². The van der Waals surface area contributed by atoms with Crippen molar-refractivity contribution in [1.29, 1.82) is 0 Å². The first-order valence-corrected chi connectivity index (χ1v) is 10.5. The lowest BCUT2D eigenvalue weighted by Crippen LogP contribution is -2.31. The number of hydrogen-bond donors (Lipinski definition) is 0. The molecule has 0 aliphatic carbocycles. The number of hydrogen-bond acceptors (Lipinski definition) is 8. The van der Waals surface area contributed by atoms with Crippen LogP contribution in [0.2, 0.25) is 0 Å². The molecule has 0 N–H and O–H groups in total. The van der Waals surface area contributed by atoms with Crippen LogP contribution in [-0.4, -0.2) is 64.3 Å². The number of carbonyl (C=O) groups excluding carboxylic acids is 1. The number of likely N-dealkylation sites (tertiary alicyclic amines) is 1. The summed E-state index contributed by atoms with van der Waals surface area (Å²) in [5, 5.41) is 4.43. The van der Waals surface area contributed by atoms with Gasteiger partial charge in [0, 0.05) is 32.3 Å². The van der Waals surface area contributed by atoms with Crippen LogP contribution in [0.1, 0.15) is 35.3 Å². The molecule has 1 amide bonds. The van der Waals surface area contributed by atoms with Gasteiger partial charge in [0.1, 0.15) is 18.3 Å². The van der Waals surface area contributed by atoms with E-state index in [1.54, 1.807) is 11.8 Å². The number of oxazole rings is 1. The molecule has 5 rings (SSSR count). The van der Waals surface area contributed by atoms with E-state index in [1.165, 1.54) is 12.7 Å². The number of nitrogens with zero attached hydrogens (tertiary/aromatic N) is 8. The molecule has 5 heterocycles. The van der Waals surface area contributed by atoms with Crippen molar-refractivity contribution in [2.75, 3.05) is 13.1 Å². The van der Waals surface area contributed by atoms with Gasteiger partial charge in [-0.15, -0.1) is 0 Å². The van der Waals surface area contributed by atoms with Crippen LogP contribution in [0.5, 0.6) is 5.88 Å². The molecule has 1 aliphatic heterocycles. The van der Waals surface area contributed by atoms with Crippen molar-refractivity contribution in [2.24, 2.45) is 7.05 Å². The van der Waals surface area contributed by atoms with Gasteiger partial charge >= 0.3 is 0 Å². The number of fused-ring (bicyclic) bond motifs is 1. The molecular weight excluding hydrogens is 412 g/mol. The quantitative estimate of drug-likeness (QED) is 0.467. The molecule has 1 saturated heterocycles. The second-order valence-electron chi connectivity index (χ2n) is 7.85. The molecule has 0 radical (unpaired) electrons. The highest BCUT2D eigenvalue weighted by Gasteiger charge is 2.32. The molecule has 0 saturated carbocycles. The molecule has 0 spiro atoms. The molecule has 0 bridgehead atoms. The number of aryl methyl sites for hydroxylation is 3. The summed E-state index contributed by atoms with van der Waals surface area (Å²) in [4.78, 5) is 31.9. The zero-order valence-electron chi connectivity index (χ0n) is 18.4. The van der Waals surface area contributed by atoms with Crippen LogP contribution >= 0.6 is 0 Å². The van der Waals surface area contributed by atoms with Gasteiger partial charge in [0.25, 0.3) is 5.91 Å². The Hall–Kier alpha value is -3.76. The third-order valence-electron chi connectivity index (χ3n) is 5.92. The van der Waals surface area contributed by atoms with E-state index in [0.717, 1.165) is 23.6 Å². The van der Waals surface area contributed by atoms with Crippen molar-refractivity contribution in [3.63, 3.8) is 0 Å². The van der Waals surface area contributed by atoms with E-state index in [1.807, 2.05) is 29.4 Å². The maximum Gasteiger partial charge on any atom is 0.291 e. The van der Waals surface area contributed by atoms with Crippen LogP contribution in [0, 0.1) is 13.8 Å². The first-order chi connectivity index (χ1) is 15.5. The van der Waals surface area contributed by atoms with Crippen molar-refractivity contribution in [2.45, 2.75) is 39.8 Å². The summed E-state index contributed by atoms with van der Waals surface area (Å²) in [6.07, 6.45) is 5.07. The molecule has 4 aromatic heterocycles. The number of imidazole rings is 1. The Kier molecular flexibility index (Phi) is 4.87. The van der Waals surface area contributed by atoms with Crippen LogP contribution in [0.25, 0.3) is 22.6 Å². The van der Waals surface area contributed by atoms with E-state index < -0.39 is 0 Å². The van der Waals surface area contributed by atoms with E-state index in [9.17, 15) is 4.79 Å². The van der Waals surface area contributed by atoms with E-state index in [0.29, 0.717) is 42.2 Å². The maximum atomic E-state index is 12.7. The normalized spacial score (nSPS) is 16.2. The highest BCUT2D eigenvalue weighted by atomic mass is 16.5. The third-order valence-corrected chi connectivity index (χ3v) is 5.92. The average molecular weight is 436 g/mol. The fourth-order valence-corrected chi connectivity index (χ4v) is 4.11. The van der Waals surface area contributed by atoms with Crippen molar-refractivity contribution >= 4 is 17.1 Å². The number of carbonyl (C=O) groups is 1. The summed E-state index contributed by atoms with van der Waals surface area (Å²) in [6, 6.07) is 0. The van der Waals surface area contributed by atoms with E-state index in [4.69, 9.17) is 14.1 Å². The Morgan fingerprint density at radius 1 is 1.28 bits per heavy atom. The minimum absolute atomic E-state index is 0.178. The summed E-state index contributed by atoms with van der Waals surface area (Å²) < 4.78 is 15.3. The average Bonchev–Trinajstić information content (AvgIpc) is 3.56. The van der Waals surface area contributed by atoms with Gasteiger partial charge in [-0.3, -0.25) is 9.48 Å². The fourth-order valence-electron chi connectivity index (χ4n) is 4.11. The molecule has 166 valence electrons. The van der Waals surface area contributed by atoms with Gasteiger partial charge in [-0.25, -0.2) is 15.0 Å². The standard InChI is InChI=1S/C21H24N8O3/c1-5-29-13(3)15(8-25-29)18-26-16-19(27(18)4)22-10-23-20(16)32-14-6-7-28(9-14)21(30)17-12(2)24-11-31-17/h8,10-11,14H,5-7,9H2,1-4H3. The maximum absolute atomic E-state index is 12.7. The lowest BCUT2D eigenvalue weighted by Gasteiger charge is -2.16. The molecule has 1 unspecified atom stereocenters. The predicted octanol–water partition coefficient (Wildman–Crippen LogP) is 2.15. The summed E-state index contributed by atoms with van der Waals surface area (Å²) in [6.45, 7) is 7.62. The van der Waals surface area contributed by atoms with Crippen LogP contribution in [0.4, 0.5) is 0 Å². The Labute approximate surface area is 184 Å². The number of ether oxygens (including phenoxy) is 1. The summed E-state index contributed by atoms with van der Waals surface area (Å²) in [7, 11) is 1.92. The summed E-state index contributed by atoms with van der Waals surface area (Å²) in [5.41, 5.74) is 3.83. The van der Waals surface area contributed by atoms with E-state index in [-0.39, 0.29) is 17.8 Å². The molecule has 11 nitrogen and oxygen atoms in total. The molecular formula is C21H24N8O3. The molecule has 11 heteroatoms. The lowest BCUT2D eigenvalue weighted by atomic mass is 10.2. The second kappa shape index (κ2) is 7.74. The van der Waals surface area contributed by atoms with Gasteiger partial charge in [0.15, 0.2) is 17.6 Å². The van der Waals surface area contributed by atoms with Crippen molar-refractivity contribution in [1.82, 2.24) is 39.2 Å². The Morgan fingerprint density at radius 2 is 2.12 bits per heavy atom. The molecule has 4 aromatic rings. The number of rotatable bonds is 5. The third kappa shape index (κ3) is 3.20. The Balaban J connectivity index is 1.40. The monoisotopic (exact) mass is 436 g/mol. The van der Waals surface area contributed by atoms with Crippen LogP contribution < -0.4 is 4.74 Å². The second-order valence-corrected chi connectivity index (χ2v) is 7.85. The van der Waals surface area contributed by atoms with Crippen LogP contribution in [0.3, 0.4) is 0 Å². The largest absolute Gasteiger partial charge is 0.471 e. The van der Waals surface area contributed by atoms with Gasteiger partial charge in [-0.05, 0) is 20.8 Å². The minimum atomic E-state index is -0.199. The predicted molar refractivity (Wildman–Crippen MR) is 114 cm³/mol. The molecule has 1 fully saturated rings. The smallest absolute Gasteiger partial charge is 0.291 e. The van der Waals surface area contributed by atoms with Gasteiger partial charge < -0.3 is 18.6 Å². The van der Waals surface area contributed by atoms with Crippen molar-refractivity contribution in [3.05, 3.63) is 36.1 Å². The number of aromatic nitrogens is 7. The first-order valence-electron chi connectivity index (χ1n) is 10.5. The molecule has 0 aromatic carbocycles. The van der Waals surface area contributed by atoms with Gasteiger partial charge in [-0.1, -0.05) is 0 Å². The van der Waals surface area contributed by atoms with Crippen molar-refractivity contribution < 1.29 is 13.9 Å². The van der Waals surface area contributed by atoms with E-state index >= 15 is 0 Å². The highest BCUT2D eigenvalue weighted by Crippen LogP contribution is 2.30. The van der Waals surface area contributed by atoms with E-state index in [2.05, 4.69) is 27.0 Å². The molecule has 1 aliphatic rings. The Bertz CT molecular complexity index is 1300. The highest BCUT2D eigenvalue weighted by molar-refractivity contribution is 5.92. The zero-order valence-corrected chi connectivity index (χ0v) is 18.4. The Morgan fingerprint density at radius 3 is 2.84 bits per heavy atom. The van der Waals surface area contributed by atoms with Gasteiger partial charge in [-0.2, -0.15) is 10.1 Å². The summed E-state index contributed by atoms with van der Waals surface area (Å²) >= 11 is 0. The van der Waals surface area contributed by atoms with Gasteiger partial charge in [0.05, 0.1) is 24.0 Å². The fraction of sp³-hybridized carbons (Fsp3) is 0.429. The number of amides is 1. The summed E-state index contributed by atoms with van der Waals surface area (Å²) in [5.74, 6) is 1.26. The van der Waals surface area contributed by atoms with Gasteiger partial charge in [0.2, 0.25) is 11.6 Å². The zero-order chi connectivity index (χ0) is 22.4. The molecule has 32 heavy (non-hydrogen) atoms. The lowest BCUT2D eigenvalue weighted by molar-refractivity contribution is 0.0739. The van der Waals surface area contributed by atoms with Crippen LogP contribution in [0.15, 0.2) is 23.3 Å². The first kappa shape index (κ1) is 20.2. The van der Waals surface area contributed by atoms with Crippen LogP contribution in [-0.2, 0) is 13.6 Å².